The van der Waals surface area contributed by atoms with Gasteiger partial charge in [0, 0.05) is 12.6 Å². The zero-order valence-electron chi connectivity index (χ0n) is 10.0. The van der Waals surface area contributed by atoms with Crippen molar-refractivity contribution in [1.82, 2.24) is 0 Å². The van der Waals surface area contributed by atoms with Crippen LogP contribution in [0.4, 0.5) is 11.4 Å². The highest BCUT2D eigenvalue weighted by Crippen LogP contribution is 2.31. The quantitative estimate of drug-likeness (QED) is 0.723. The number of benzene rings is 1. The fourth-order valence-electron chi connectivity index (χ4n) is 1.60. The fourth-order valence-corrected chi connectivity index (χ4v) is 1.93. The molecule has 0 aliphatic heterocycles. The van der Waals surface area contributed by atoms with Gasteiger partial charge in [-0.3, -0.25) is 0 Å². The zero-order chi connectivity index (χ0) is 13.0. The van der Waals surface area contributed by atoms with Crippen molar-refractivity contribution in [2.24, 2.45) is 5.92 Å². The number of hydrogen-bond donors (Lipinski definition) is 3. The zero-order valence-corrected chi connectivity index (χ0v) is 11.5. The van der Waals surface area contributed by atoms with Gasteiger partial charge in [-0.1, -0.05) is 37.0 Å². The van der Waals surface area contributed by atoms with E-state index < -0.39 is 0 Å². The van der Waals surface area contributed by atoms with E-state index >= 15 is 0 Å². The van der Waals surface area contributed by atoms with Crippen LogP contribution in [-0.2, 0) is 0 Å². The lowest BCUT2D eigenvalue weighted by Gasteiger charge is -2.24. The van der Waals surface area contributed by atoms with Crippen LogP contribution in [0.1, 0.15) is 20.3 Å². The van der Waals surface area contributed by atoms with Gasteiger partial charge in [-0.25, -0.2) is 0 Å². The summed E-state index contributed by atoms with van der Waals surface area (Å²) in [7, 11) is 0. The van der Waals surface area contributed by atoms with Crippen molar-refractivity contribution in [3.63, 3.8) is 0 Å². The molecular weight excluding hydrogens is 259 g/mol. The predicted molar refractivity (Wildman–Crippen MR) is 74.8 cm³/mol. The summed E-state index contributed by atoms with van der Waals surface area (Å²) in [6.45, 7) is 4.30. The predicted octanol–water partition coefficient (Wildman–Crippen LogP) is 3.39. The topological polar surface area (TPSA) is 58.3 Å². The Morgan fingerprint density at radius 3 is 2.41 bits per heavy atom. The molecule has 1 rings (SSSR count). The molecule has 0 spiro atoms. The van der Waals surface area contributed by atoms with Crippen molar-refractivity contribution in [2.45, 2.75) is 26.3 Å². The van der Waals surface area contributed by atoms with Gasteiger partial charge >= 0.3 is 0 Å². The number of nitrogens with one attached hydrogen (secondary N) is 1. The lowest BCUT2D eigenvalue weighted by molar-refractivity contribution is 0.267. The summed E-state index contributed by atoms with van der Waals surface area (Å²) in [5, 5.41) is 13.2. The Balaban J connectivity index is 2.89. The second-order valence-electron chi connectivity index (χ2n) is 4.36. The van der Waals surface area contributed by atoms with Crippen molar-refractivity contribution < 1.29 is 5.11 Å². The molecule has 0 bridgehead atoms. The van der Waals surface area contributed by atoms with E-state index in [0.29, 0.717) is 28.1 Å². The van der Waals surface area contributed by atoms with Gasteiger partial charge in [-0.2, -0.15) is 0 Å². The number of hydrogen-bond acceptors (Lipinski definition) is 3. The first-order valence-corrected chi connectivity index (χ1v) is 6.33. The van der Waals surface area contributed by atoms with E-state index in [1.54, 1.807) is 12.1 Å². The Hall–Kier alpha value is -0.640. The van der Waals surface area contributed by atoms with Crippen LogP contribution >= 0.6 is 23.2 Å². The molecule has 0 saturated carbocycles. The van der Waals surface area contributed by atoms with E-state index in [-0.39, 0.29) is 12.6 Å². The standard InChI is InChI=1S/C12H18Cl2N2O/c1-7(2)11(3-4-17)16-12-6-9(14)8(13)5-10(12)15/h5-7,11,16-17H,3-4,15H2,1-2H3. The summed E-state index contributed by atoms with van der Waals surface area (Å²) in [6.07, 6.45) is 0.664. The summed E-state index contributed by atoms with van der Waals surface area (Å²) in [5.74, 6) is 0.385. The van der Waals surface area contributed by atoms with Crippen LogP contribution in [0, 0.1) is 5.92 Å². The van der Waals surface area contributed by atoms with E-state index in [4.69, 9.17) is 34.0 Å². The average Bonchev–Trinajstić information content (AvgIpc) is 2.24. The molecule has 4 N–H and O–H groups in total. The van der Waals surface area contributed by atoms with Gasteiger partial charge in [0.25, 0.3) is 0 Å². The van der Waals surface area contributed by atoms with Gasteiger partial charge in [0.2, 0.25) is 0 Å². The van der Waals surface area contributed by atoms with Crippen molar-refractivity contribution in [3.8, 4) is 0 Å². The summed E-state index contributed by atoms with van der Waals surface area (Å²) in [5.41, 5.74) is 7.18. The molecule has 0 aromatic heterocycles. The van der Waals surface area contributed by atoms with E-state index in [2.05, 4.69) is 19.2 Å². The van der Waals surface area contributed by atoms with Crippen molar-refractivity contribution in [3.05, 3.63) is 22.2 Å². The molecule has 17 heavy (non-hydrogen) atoms. The summed E-state index contributed by atoms with van der Waals surface area (Å²) in [6, 6.07) is 3.49. The highest BCUT2D eigenvalue weighted by molar-refractivity contribution is 6.42. The first-order chi connectivity index (χ1) is 7.95. The third kappa shape index (κ3) is 3.95. The number of aliphatic hydroxyl groups is 1. The number of rotatable bonds is 5. The maximum absolute atomic E-state index is 9.01. The van der Waals surface area contributed by atoms with Gasteiger partial charge in [0.1, 0.15) is 0 Å². The van der Waals surface area contributed by atoms with Crippen LogP contribution in [0.5, 0.6) is 0 Å². The lowest BCUT2D eigenvalue weighted by Crippen LogP contribution is -2.27. The molecular formula is C12H18Cl2N2O. The van der Waals surface area contributed by atoms with E-state index in [1.807, 2.05) is 0 Å². The Labute approximate surface area is 112 Å². The second-order valence-corrected chi connectivity index (χ2v) is 5.18. The highest BCUT2D eigenvalue weighted by atomic mass is 35.5. The normalized spacial score (nSPS) is 12.8. The number of halogens is 2. The van der Waals surface area contributed by atoms with Gasteiger partial charge in [-0.15, -0.1) is 0 Å². The number of aliphatic hydroxyl groups excluding tert-OH is 1. The maximum atomic E-state index is 9.01. The van der Waals surface area contributed by atoms with Crippen LogP contribution in [0.25, 0.3) is 0 Å². The maximum Gasteiger partial charge on any atom is 0.0614 e. The highest BCUT2D eigenvalue weighted by Gasteiger charge is 2.14. The minimum atomic E-state index is 0.136. The molecule has 0 heterocycles. The van der Waals surface area contributed by atoms with Gasteiger partial charge in [0.15, 0.2) is 0 Å². The molecule has 3 nitrogen and oxygen atoms in total. The van der Waals surface area contributed by atoms with Crippen molar-refractivity contribution in [2.75, 3.05) is 17.7 Å². The Bertz CT molecular complexity index is 383. The minimum absolute atomic E-state index is 0.136. The van der Waals surface area contributed by atoms with Gasteiger partial charge in [0.05, 0.1) is 21.4 Å². The average molecular weight is 277 g/mol. The number of nitrogen functional groups attached to an aromatic ring is 1. The number of anilines is 2. The molecule has 1 aromatic carbocycles. The fraction of sp³-hybridized carbons (Fsp3) is 0.500. The van der Waals surface area contributed by atoms with Crippen LogP contribution in [0.3, 0.4) is 0 Å². The van der Waals surface area contributed by atoms with Crippen LogP contribution in [-0.4, -0.2) is 17.8 Å². The molecule has 0 fully saturated rings. The summed E-state index contributed by atoms with van der Waals surface area (Å²) in [4.78, 5) is 0. The molecule has 0 radical (unpaired) electrons. The van der Waals surface area contributed by atoms with Crippen molar-refractivity contribution in [1.29, 1.82) is 0 Å². The second kappa shape index (κ2) is 6.34. The molecule has 0 aliphatic carbocycles. The largest absolute Gasteiger partial charge is 0.397 e. The third-order valence-corrected chi connectivity index (χ3v) is 3.40. The van der Waals surface area contributed by atoms with E-state index in [1.165, 1.54) is 0 Å². The molecule has 1 atom stereocenters. The van der Waals surface area contributed by atoms with Crippen LogP contribution in [0.2, 0.25) is 10.0 Å². The van der Waals surface area contributed by atoms with E-state index in [9.17, 15) is 0 Å². The molecule has 5 heteroatoms. The molecule has 1 aromatic rings. The molecule has 96 valence electrons. The number of nitrogens with two attached hydrogens (primary N) is 1. The minimum Gasteiger partial charge on any atom is -0.397 e. The lowest BCUT2D eigenvalue weighted by atomic mass is 10.0. The van der Waals surface area contributed by atoms with E-state index in [0.717, 1.165) is 5.69 Å². The van der Waals surface area contributed by atoms with Gasteiger partial charge < -0.3 is 16.2 Å². The van der Waals surface area contributed by atoms with Crippen molar-refractivity contribution >= 4 is 34.6 Å². The molecule has 1 unspecified atom stereocenters. The first-order valence-electron chi connectivity index (χ1n) is 5.57. The van der Waals surface area contributed by atoms with Crippen LogP contribution < -0.4 is 11.1 Å². The first kappa shape index (κ1) is 14.4. The van der Waals surface area contributed by atoms with Crippen LogP contribution in [0.15, 0.2) is 12.1 Å². The molecule has 0 amide bonds. The summed E-state index contributed by atoms with van der Waals surface area (Å²) < 4.78 is 0. The Kier molecular flexibility index (Phi) is 5.37. The summed E-state index contributed by atoms with van der Waals surface area (Å²) >= 11 is 11.8. The molecule has 0 aliphatic rings. The Morgan fingerprint density at radius 2 is 1.88 bits per heavy atom. The third-order valence-electron chi connectivity index (χ3n) is 2.68. The molecule has 0 saturated heterocycles. The SMILES string of the molecule is CC(C)C(CCO)Nc1cc(Cl)c(Cl)cc1N. The monoisotopic (exact) mass is 276 g/mol. The smallest absolute Gasteiger partial charge is 0.0614 e. The Morgan fingerprint density at radius 1 is 1.29 bits per heavy atom. The van der Waals surface area contributed by atoms with Gasteiger partial charge in [-0.05, 0) is 24.5 Å².